The first-order valence-corrected chi connectivity index (χ1v) is 7.19. The molecule has 1 atom stereocenters. The van der Waals surface area contributed by atoms with Crippen LogP contribution in [0.4, 0.5) is 0 Å². The number of fused-ring (bicyclic) bond motifs is 1. The van der Waals surface area contributed by atoms with Gasteiger partial charge in [-0.3, -0.25) is 4.98 Å². The number of ether oxygens (including phenoxy) is 1. The molecule has 0 radical (unpaired) electrons. The van der Waals surface area contributed by atoms with Crippen molar-refractivity contribution in [2.24, 2.45) is 0 Å². The van der Waals surface area contributed by atoms with Crippen molar-refractivity contribution < 1.29 is 4.74 Å². The van der Waals surface area contributed by atoms with Crippen LogP contribution < -0.4 is 10.1 Å². The van der Waals surface area contributed by atoms with Crippen molar-refractivity contribution in [1.29, 1.82) is 0 Å². The average molecular weight is 268 g/mol. The molecule has 1 aliphatic carbocycles. The third-order valence-electron chi connectivity index (χ3n) is 3.89. The zero-order valence-corrected chi connectivity index (χ0v) is 11.8. The Morgan fingerprint density at radius 2 is 2.25 bits per heavy atom. The molecule has 1 unspecified atom stereocenters. The number of aryl methyl sites for hydroxylation is 1. The van der Waals surface area contributed by atoms with E-state index in [2.05, 4.69) is 28.5 Å². The van der Waals surface area contributed by atoms with Crippen LogP contribution in [-0.4, -0.2) is 18.6 Å². The molecule has 3 nitrogen and oxygen atoms in total. The molecule has 2 aromatic rings. The molecule has 0 fully saturated rings. The lowest BCUT2D eigenvalue weighted by molar-refractivity contribution is 0.320. The summed E-state index contributed by atoms with van der Waals surface area (Å²) in [6.07, 6.45) is 4.99. The molecule has 1 aromatic carbocycles. The minimum atomic E-state index is 0.507. The van der Waals surface area contributed by atoms with Gasteiger partial charge in [-0.2, -0.15) is 0 Å². The normalized spacial score (nSPS) is 16.9. The molecule has 0 saturated carbocycles. The van der Waals surface area contributed by atoms with Crippen molar-refractivity contribution >= 4 is 0 Å². The number of nitrogens with zero attached hydrogens (tertiary/aromatic N) is 1. The second-order valence-electron chi connectivity index (χ2n) is 5.16. The number of aromatic nitrogens is 1. The van der Waals surface area contributed by atoms with Crippen molar-refractivity contribution in [1.82, 2.24) is 10.3 Å². The molecule has 1 aromatic heterocycles. The monoisotopic (exact) mass is 268 g/mol. The number of rotatable bonds is 5. The fourth-order valence-corrected chi connectivity index (χ4v) is 2.80. The van der Waals surface area contributed by atoms with Crippen molar-refractivity contribution in [3.05, 3.63) is 59.4 Å². The predicted octanol–water partition coefficient (Wildman–Crippen LogP) is 2.91. The molecular weight excluding hydrogens is 248 g/mol. The van der Waals surface area contributed by atoms with Crippen LogP contribution in [0.1, 0.15) is 29.3 Å². The second kappa shape index (κ2) is 6.06. The fraction of sp³-hybridized carbons (Fsp3) is 0.353. The van der Waals surface area contributed by atoms with Gasteiger partial charge < -0.3 is 10.1 Å². The third kappa shape index (κ3) is 2.83. The zero-order valence-electron chi connectivity index (χ0n) is 11.8. The van der Waals surface area contributed by atoms with Crippen molar-refractivity contribution in [3.8, 4) is 5.75 Å². The first-order chi connectivity index (χ1) is 9.86. The summed E-state index contributed by atoms with van der Waals surface area (Å²) in [7, 11) is 2.02. The SMILES string of the molecule is CNC1CCc2cc(OCCc3ccccn3)ccc21. The number of hydrogen-bond donors (Lipinski definition) is 1. The van der Waals surface area contributed by atoms with Gasteiger partial charge >= 0.3 is 0 Å². The number of pyridine rings is 1. The summed E-state index contributed by atoms with van der Waals surface area (Å²) in [4.78, 5) is 4.30. The van der Waals surface area contributed by atoms with Gasteiger partial charge in [-0.1, -0.05) is 12.1 Å². The smallest absolute Gasteiger partial charge is 0.119 e. The standard InChI is InChI=1S/C17H20N2O/c1-18-17-8-5-13-12-15(6-7-16(13)17)20-11-9-14-4-2-3-10-19-14/h2-4,6-7,10,12,17-18H,5,8-9,11H2,1H3. The highest BCUT2D eigenvalue weighted by Gasteiger charge is 2.20. The molecule has 0 spiro atoms. The van der Waals surface area contributed by atoms with Crippen LogP contribution in [-0.2, 0) is 12.8 Å². The van der Waals surface area contributed by atoms with Gasteiger partial charge in [0.1, 0.15) is 5.75 Å². The highest BCUT2D eigenvalue weighted by molar-refractivity contribution is 5.40. The highest BCUT2D eigenvalue weighted by Crippen LogP contribution is 2.33. The number of benzene rings is 1. The predicted molar refractivity (Wildman–Crippen MR) is 80.0 cm³/mol. The van der Waals surface area contributed by atoms with Crippen LogP contribution in [0.15, 0.2) is 42.6 Å². The van der Waals surface area contributed by atoms with Gasteiger partial charge in [0, 0.05) is 24.4 Å². The molecule has 3 heteroatoms. The van der Waals surface area contributed by atoms with Gasteiger partial charge in [-0.15, -0.1) is 0 Å². The van der Waals surface area contributed by atoms with Gasteiger partial charge in [0.25, 0.3) is 0 Å². The van der Waals surface area contributed by atoms with E-state index < -0.39 is 0 Å². The maximum absolute atomic E-state index is 5.84. The lowest BCUT2D eigenvalue weighted by atomic mass is 10.1. The van der Waals surface area contributed by atoms with E-state index in [1.807, 2.05) is 31.4 Å². The largest absolute Gasteiger partial charge is 0.493 e. The second-order valence-corrected chi connectivity index (χ2v) is 5.16. The van der Waals surface area contributed by atoms with E-state index in [0.717, 1.165) is 24.3 Å². The molecule has 0 bridgehead atoms. The molecule has 20 heavy (non-hydrogen) atoms. The Morgan fingerprint density at radius 1 is 1.30 bits per heavy atom. The number of hydrogen-bond acceptors (Lipinski definition) is 3. The van der Waals surface area contributed by atoms with Crippen molar-refractivity contribution in [3.63, 3.8) is 0 Å². The molecule has 1 N–H and O–H groups in total. The molecular formula is C17H20N2O. The molecule has 0 amide bonds. The Kier molecular flexibility index (Phi) is 3.97. The molecule has 1 heterocycles. The van der Waals surface area contributed by atoms with E-state index in [-0.39, 0.29) is 0 Å². The molecule has 104 valence electrons. The Labute approximate surface area is 120 Å². The Hall–Kier alpha value is -1.87. The summed E-state index contributed by atoms with van der Waals surface area (Å²) in [6.45, 7) is 0.672. The summed E-state index contributed by atoms with van der Waals surface area (Å²) in [5.41, 5.74) is 3.91. The average Bonchev–Trinajstić information content (AvgIpc) is 2.90. The quantitative estimate of drug-likeness (QED) is 0.905. The van der Waals surface area contributed by atoms with Crippen LogP contribution in [0.2, 0.25) is 0 Å². The van der Waals surface area contributed by atoms with Crippen LogP contribution in [0.3, 0.4) is 0 Å². The summed E-state index contributed by atoms with van der Waals surface area (Å²) < 4.78 is 5.84. The highest BCUT2D eigenvalue weighted by atomic mass is 16.5. The molecule has 3 rings (SSSR count). The third-order valence-corrected chi connectivity index (χ3v) is 3.89. The van der Waals surface area contributed by atoms with Crippen molar-refractivity contribution in [2.75, 3.05) is 13.7 Å². The maximum Gasteiger partial charge on any atom is 0.119 e. The summed E-state index contributed by atoms with van der Waals surface area (Å²) in [6, 6.07) is 12.9. The Balaban J connectivity index is 1.59. The first kappa shape index (κ1) is 13.1. The van der Waals surface area contributed by atoms with Gasteiger partial charge in [-0.25, -0.2) is 0 Å². The number of nitrogens with one attached hydrogen (secondary N) is 1. The van der Waals surface area contributed by atoms with Crippen LogP contribution in [0, 0.1) is 0 Å². The summed E-state index contributed by atoms with van der Waals surface area (Å²) >= 11 is 0. The van der Waals surface area contributed by atoms with Gasteiger partial charge in [0.2, 0.25) is 0 Å². The molecule has 1 aliphatic rings. The van der Waals surface area contributed by atoms with Crippen LogP contribution in [0.5, 0.6) is 5.75 Å². The maximum atomic E-state index is 5.84. The van der Waals surface area contributed by atoms with E-state index in [9.17, 15) is 0 Å². The molecule has 0 saturated heterocycles. The topological polar surface area (TPSA) is 34.1 Å². The molecule has 0 aliphatic heterocycles. The summed E-state index contributed by atoms with van der Waals surface area (Å²) in [5.74, 6) is 0.969. The van der Waals surface area contributed by atoms with E-state index in [1.54, 1.807) is 0 Å². The fourth-order valence-electron chi connectivity index (χ4n) is 2.80. The van der Waals surface area contributed by atoms with E-state index >= 15 is 0 Å². The minimum absolute atomic E-state index is 0.507. The van der Waals surface area contributed by atoms with Gasteiger partial charge in [0.15, 0.2) is 0 Å². The minimum Gasteiger partial charge on any atom is -0.493 e. The van der Waals surface area contributed by atoms with E-state index in [4.69, 9.17) is 4.74 Å². The Morgan fingerprint density at radius 3 is 3.05 bits per heavy atom. The van der Waals surface area contributed by atoms with Gasteiger partial charge in [0.05, 0.1) is 6.61 Å². The van der Waals surface area contributed by atoms with Crippen molar-refractivity contribution in [2.45, 2.75) is 25.3 Å². The summed E-state index contributed by atoms with van der Waals surface area (Å²) in [5, 5.41) is 3.36. The Bertz CT molecular complexity index is 568. The zero-order chi connectivity index (χ0) is 13.8. The van der Waals surface area contributed by atoms with E-state index in [0.29, 0.717) is 12.6 Å². The lowest BCUT2D eigenvalue weighted by Gasteiger charge is -2.11. The van der Waals surface area contributed by atoms with Gasteiger partial charge in [-0.05, 0) is 55.3 Å². The lowest BCUT2D eigenvalue weighted by Crippen LogP contribution is -2.12. The van der Waals surface area contributed by atoms with E-state index in [1.165, 1.54) is 17.5 Å². The first-order valence-electron chi connectivity index (χ1n) is 7.19. The van der Waals surface area contributed by atoms with Crippen LogP contribution in [0.25, 0.3) is 0 Å². The van der Waals surface area contributed by atoms with Crippen LogP contribution >= 0.6 is 0 Å².